The monoisotopic (exact) mass is 249 g/mol. The summed E-state index contributed by atoms with van der Waals surface area (Å²) >= 11 is 0. The molecule has 1 aliphatic heterocycles. The molecule has 1 fully saturated rings. The number of likely N-dealkylation sites (tertiary alicyclic amines) is 1. The number of nitrogens with one attached hydrogen (secondary N) is 1. The van der Waals surface area contributed by atoms with Gasteiger partial charge in [0.25, 0.3) is 0 Å². The number of carbonyl (C=O) groups is 1. The Kier molecular flexibility index (Phi) is 4.28. The zero-order valence-electron chi connectivity index (χ0n) is 9.64. The lowest BCUT2D eigenvalue weighted by atomic mass is 10.1. The molecule has 16 heavy (non-hydrogen) atoms. The summed E-state index contributed by atoms with van der Waals surface area (Å²) in [5.74, 6) is -0.125. The van der Waals surface area contributed by atoms with Crippen LogP contribution >= 0.6 is 0 Å². The number of rotatable bonds is 3. The van der Waals surface area contributed by atoms with E-state index in [9.17, 15) is 13.2 Å². The van der Waals surface area contributed by atoms with Crippen LogP contribution in [0.4, 0.5) is 0 Å². The molecule has 0 aromatic carbocycles. The Labute approximate surface area is 96.2 Å². The first-order valence-electron chi connectivity index (χ1n) is 5.31. The Morgan fingerprint density at radius 1 is 1.56 bits per heavy atom. The Bertz CT molecular complexity index is 353. The average molecular weight is 249 g/mol. The van der Waals surface area contributed by atoms with Crippen molar-refractivity contribution in [1.29, 1.82) is 0 Å². The fraction of sp³-hybridized carbons (Fsp3) is 0.889. The Balaban J connectivity index is 2.57. The van der Waals surface area contributed by atoms with Gasteiger partial charge in [0.1, 0.15) is 0 Å². The molecule has 1 heterocycles. The standard InChI is InChI=1S/C9H19N3O3S/c1-7(10)9(13)12-5-3-4-8(6-12)11-16(2,14)15/h7-8,11H,3-6,10H2,1-2H3. The van der Waals surface area contributed by atoms with Crippen molar-refractivity contribution in [2.24, 2.45) is 5.73 Å². The van der Waals surface area contributed by atoms with Gasteiger partial charge in [0.2, 0.25) is 15.9 Å². The number of hydrogen-bond acceptors (Lipinski definition) is 4. The van der Waals surface area contributed by atoms with E-state index in [1.165, 1.54) is 0 Å². The molecule has 0 radical (unpaired) electrons. The van der Waals surface area contributed by atoms with Gasteiger partial charge in [-0.05, 0) is 19.8 Å². The topological polar surface area (TPSA) is 92.5 Å². The van der Waals surface area contributed by atoms with Gasteiger partial charge >= 0.3 is 0 Å². The van der Waals surface area contributed by atoms with Gasteiger partial charge in [-0.2, -0.15) is 0 Å². The number of sulfonamides is 1. The minimum atomic E-state index is -3.21. The van der Waals surface area contributed by atoms with Gasteiger partial charge in [-0.1, -0.05) is 0 Å². The van der Waals surface area contributed by atoms with E-state index in [4.69, 9.17) is 5.73 Å². The number of nitrogens with two attached hydrogens (primary N) is 1. The first kappa shape index (κ1) is 13.4. The quantitative estimate of drug-likeness (QED) is 0.662. The van der Waals surface area contributed by atoms with Crippen LogP contribution in [-0.2, 0) is 14.8 Å². The largest absolute Gasteiger partial charge is 0.340 e. The van der Waals surface area contributed by atoms with Crippen LogP contribution in [0, 0.1) is 0 Å². The predicted molar refractivity (Wildman–Crippen MR) is 61.2 cm³/mol. The molecule has 0 bridgehead atoms. The molecule has 1 aliphatic rings. The minimum absolute atomic E-state index is 0.125. The van der Waals surface area contributed by atoms with Crippen LogP contribution in [0.5, 0.6) is 0 Å². The molecule has 2 unspecified atom stereocenters. The Morgan fingerprint density at radius 3 is 2.69 bits per heavy atom. The van der Waals surface area contributed by atoms with Crippen LogP contribution in [0.3, 0.4) is 0 Å². The molecule has 3 N–H and O–H groups in total. The fourth-order valence-corrected chi connectivity index (χ4v) is 2.66. The van der Waals surface area contributed by atoms with Crippen LogP contribution in [0.15, 0.2) is 0 Å². The smallest absolute Gasteiger partial charge is 0.239 e. The van der Waals surface area contributed by atoms with Gasteiger partial charge in [0.05, 0.1) is 12.3 Å². The molecule has 0 aromatic heterocycles. The SMILES string of the molecule is CC(N)C(=O)N1CCCC(NS(C)(=O)=O)C1. The third-order valence-electron chi connectivity index (χ3n) is 2.50. The second-order valence-electron chi connectivity index (χ2n) is 4.30. The summed E-state index contributed by atoms with van der Waals surface area (Å²) in [6.45, 7) is 2.70. The zero-order valence-corrected chi connectivity index (χ0v) is 10.5. The van der Waals surface area contributed by atoms with Crippen molar-refractivity contribution >= 4 is 15.9 Å². The first-order valence-corrected chi connectivity index (χ1v) is 7.20. The zero-order chi connectivity index (χ0) is 12.3. The van der Waals surface area contributed by atoms with Crippen LogP contribution in [0.2, 0.25) is 0 Å². The minimum Gasteiger partial charge on any atom is -0.340 e. The number of amides is 1. The van der Waals surface area contributed by atoms with Crippen molar-refractivity contribution in [2.75, 3.05) is 19.3 Å². The maximum Gasteiger partial charge on any atom is 0.239 e. The van der Waals surface area contributed by atoms with E-state index in [1.54, 1.807) is 11.8 Å². The summed E-state index contributed by atoms with van der Waals surface area (Å²) in [6, 6.07) is -0.719. The molecule has 7 heteroatoms. The molecule has 0 aromatic rings. The molecular weight excluding hydrogens is 230 g/mol. The van der Waals surface area contributed by atoms with E-state index in [2.05, 4.69) is 4.72 Å². The van der Waals surface area contributed by atoms with E-state index in [1.807, 2.05) is 0 Å². The van der Waals surface area contributed by atoms with Gasteiger partial charge in [-0.25, -0.2) is 13.1 Å². The summed E-state index contributed by atoms with van der Waals surface area (Å²) in [5.41, 5.74) is 5.51. The summed E-state index contributed by atoms with van der Waals surface area (Å²) in [7, 11) is -3.21. The highest BCUT2D eigenvalue weighted by Crippen LogP contribution is 2.11. The van der Waals surface area contributed by atoms with Crippen LogP contribution in [-0.4, -0.2) is 50.7 Å². The van der Waals surface area contributed by atoms with Crippen molar-refractivity contribution in [3.63, 3.8) is 0 Å². The van der Waals surface area contributed by atoms with Crippen molar-refractivity contribution < 1.29 is 13.2 Å². The lowest BCUT2D eigenvalue weighted by Crippen LogP contribution is -2.52. The molecule has 0 spiro atoms. The van der Waals surface area contributed by atoms with E-state index >= 15 is 0 Å². The summed E-state index contributed by atoms with van der Waals surface area (Å²) in [6.07, 6.45) is 2.68. The average Bonchev–Trinajstić information content (AvgIpc) is 2.14. The summed E-state index contributed by atoms with van der Waals surface area (Å²) in [4.78, 5) is 13.3. The van der Waals surface area contributed by atoms with E-state index < -0.39 is 16.1 Å². The van der Waals surface area contributed by atoms with Crippen molar-refractivity contribution in [3.8, 4) is 0 Å². The second kappa shape index (κ2) is 5.11. The van der Waals surface area contributed by atoms with E-state index in [0.29, 0.717) is 13.1 Å². The molecule has 0 aliphatic carbocycles. The fourth-order valence-electron chi connectivity index (χ4n) is 1.86. The number of piperidine rings is 1. The summed E-state index contributed by atoms with van der Waals surface area (Å²) in [5, 5.41) is 0. The van der Waals surface area contributed by atoms with Gasteiger partial charge in [0, 0.05) is 19.1 Å². The number of hydrogen-bond donors (Lipinski definition) is 2. The van der Waals surface area contributed by atoms with Crippen LogP contribution in [0.1, 0.15) is 19.8 Å². The highest BCUT2D eigenvalue weighted by Gasteiger charge is 2.26. The molecule has 1 rings (SSSR count). The van der Waals surface area contributed by atoms with Crippen LogP contribution < -0.4 is 10.5 Å². The van der Waals surface area contributed by atoms with Gasteiger partial charge in [-0.3, -0.25) is 4.79 Å². The predicted octanol–water partition coefficient (Wildman–Crippen LogP) is -1.13. The second-order valence-corrected chi connectivity index (χ2v) is 6.08. The highest BCUT2D eigenvalue weighted by atomic mass is 32.2. The van der Waals surface area contributed by atoms with Gasteiger partial charge < -0.3 is 10.6 Å². The summed E-state index contributed by atoms with van der Waals surface area (Å²) < 4.78 is 24.7. The number of nitrogens with zero attached hydrogens (tertiary/aromatic N) is 1. The first-order chi connectivity index (χ1) is 7.29. The molecule has 0 saturated carbocycles. The van der Waals surface area contributed by atoms with Crippen molar-refractivity contribution in [1.82, 2.24) is 9.62 Å². The van der Waals surface area contributed by atoms with Gasteiger partial charge in [-0.15, -0.1) is 0 Å². The molecule has 1 amide bonds. The molecule has 1 saturated heterocycles. The molecule has 2 atom stereocenters. The highest BCUT2D eigenvalue weighted by molar-refractivity contribution is 7.88. The Morgan fingerprint density at radius 2 is 2.19 bits per heavy atom. The maximum absolute atomic E-state index is 11.6. The molecule has 94 valence electrons. The third-order valence-corrected chi connectivity index (χ3v) is 3.26. The normalized spacial score (nSPS) is 24.2. The van der Waals surface area contributed by atoms with E-state index in [-0.39, 0.29) is 11.9 Å². The molecular formula is C9H19N3O3S. The molecule has 6 nitrogen and oxygen atoms in total. The van der Waals surface area contributed by atoms with Crippen molar-refractivity contribution in [3.05, 3.63) is 0 Å². The van der Waals surface area contributed by atoms with E-state index in [0.717, 1.165) is 19.1 Å². The lowest BCUT2D eigenvalue weighted by Gasteiger charge is -2.33. The van der Waals surface area contributed by atoms with Gasteiger partial charge in [0.15, 0.2) is 0 Å². The van der Waals surface area contributed by atoms with Crippen LogP contribution in [0.25, 0.3) is 0 Å². The third kappa shape index (κ3) is 4.07. The lowest BCUT2D eigenvalue weighted by molar-refractivity contribution is -0.133. The Hall–Kier alpha value is -0.660. The number of carbonyl (C=O) groups excluding carboxylic acids is 1. The maximum atomic E-state index is 11.6. The van der Waals surface area contributed by atoms with Crippen molar-refractivity contribution in [2.45, 2.75) is 31.8 Å².